The molecule has 3 aromatic carbocycles. The Bertz CT molecular complexity index is 1160. The van der Waals surface area contributed by atoms with Crippen LogP contribution in [0.15, 0.2) is 75.7 Å². The molecule has 1 heterocycles. The Balaban J connectivity index is 0.000000319. The van der Waals surface area contributed by atoms with Crippen molar-refractivity contribution < 1.29 is 34.0 Å². The highest BCUT2D eigenvalue weighted by atomic mass is 79.9. The number of β-amino-alcohol motifs (C(OH)–C–C–N with tert-alkyl or cyclic N) is 1. The molecule has 0 spiro atoms. The van der Waals surface area contributed by atoms with Gasteiger partial charge >= 0.3 is 6.09 Å². The summed E-state index contributed by atoms with van der Waals surface area (Å²) < 4.78 is 22.7. The molecular weight excluding hydrogens is 610 g/mol. The summed E-state index contributed by atoms with van der Waals surface area (Å²) in [4.78, 5) is 13.7. The van der Waals surface area contributed by atoms with Gasteiger partial charge in [0.05, 0.1) is 29.7 Å². The molecule has 198 valence electrons. The largest absolute Gasteiger partial charge is 0.507 e. The number of phenols is 1. The molecule has 0 bridgehead atoms. The summed E-state index contributed by atoms with van der Waals surface area (Å²) >= 11 is 6.60. The summed E-state index contributed by atoms with van der Waals surface area (Å²) in [6.07, 6.45) is -1.10. The summed E-state index contributed by atoms with van der Waals surface area (Å²) in [6, 6.07) is 19.9. The maximum atomic E-state index is 12.2. The Morgan fingerprint density at radius 2 is 1.62 bits per heavy atom. The molecule has 0 unspecified atom stereocenters. The third-order valence-corrected chi connectivity index (χ3v) is 6.81. The van der Waals surface area contributed by atoms with Gasteiger partial charge in [-0.05, 0) is 73.8 Å². The molecule has 37 heavy (non-hydrogen) atoms. The van der Waals surface area contributed by atoms with Crippen molar-refractivity contribution in [2.45, 2.75) is 25.2 Å². The lowest BCUT2D eigenvalue weighted by molar-refractivity contribution is -0.0255. The van der Waals surface area contributed by atoms with E-state index < -0.39 is 18.3 Å². The number of carbonyl (C=O) groups excluding carboxylic acids is 1. The van der Waals surface area contributed by atoms with Crippen molar-refractivity contribution in [2.75, 3.05) is 27.3 Å². The van der Waals surface area contributed by atoms with Gasteiger partial charge in [-0.15, -0.1) is 0 Å². The van der Waals surface area contributed by atoms with Crippen molar-refractivity contribution in [2.24, 2.45) is 0 Å². The molecule has 3 aromatic rings. The van der Waals surface area contributed by atoms with Gasteiger partial charge in [0, 0.05) is 13.0 Å². The van der Waals surface area contributed by atoms with Crippen LogP contribution in [-0.4, -0.2) is 60.7 Å². The quantitative estimate of drug-likeness (QED) is 0.354. The fourth-order valence-electron chi connectivity index (χ4n) is 3.51. The fourth-order valence-corrected chi connectivity index (χ4v) is 4.31. The number of carbonyl (C=O) groups is 1. The Kier molecular flexibility index (Phi) is 10.9. The highest BCUT2D eigenvalue weighted by Crippen LogP contribution is 2.31. The summed E-state index contributed by atoms with van der Waals surface area (Å²) in [5.74, 6) is 2.29. The summed E-state index contributed by atoms with van der Waals surface area (Å²) in [5, 5.41) is 19.4. The van der Waals surface area contributed by atoms with Crippen molar-refractivity contribution in [3.8, 4) is 23.0 Å². The summed E-state index contributed by atoms with van der Waals surface area (Å²) in [5.41, 5.74) is 0.925. The van der Waals surface area contributed by atoms with Gasteiger partial charge in [-0.3, -0.25) is 0 Å². The van der Waals surface area contributed by atoms with Crippen LogP contribution in [0.1, 0.15) is 12.0 Å². The molecule has 2 atom stereocenters. The number of aliphatic hydroxyl groups is 1. The van der Waals surface area contributed by atoms with E-state index in [4.69, 9.17) is 24.1 Å². The zero-order valence-electron chi connectivity index (χ0n) is 20.5. The predicted molar refractivity (Wildman–Crippen MR) is 146 cm³/mol. The third kappa shape index (κ3) is 8.55. The molecule has 1 aliphatic heterocycles. The van der Waals surface area contributed by atoms with E-state index in [1.54, 1.807) is 50.6 Å². The maximum absolute atomic E-state index is 12.2. The second-order valence-corrected chi connectivity index (χ2v) is 9.82. The van der Waals surface area contributed by atoms with Gasteiger partial charge in [-0.25, -0.2) is 4.79 Å². The zero-order valence-corrected chi connectivity index (χ0v) is 23.6. The first-order chi connectivity index (χ1) is 17.8. The zero-order chi connectivity index (χ0) is 26.8. The van der Waals surface area contributed by atoms with Gasteiger partial charge in [0.1, 0.15) is 41.8 Å². The van der Waals surface area contributed by atoms with Crippen molar-refractivity contribution >= 4 is 38.0 Å². The number of rotatable bonds is 6. The maximum Gasteiger partial charge on any atom is 0.410 e. The van der Waals surface area contributed by atoms with Gasteiger partial charge in [-0.2, -0.15) is 0 Å². The number of amides is 1. The Hall–Kier alpha value is -2.95. The van der Waals surface area contributed by atoms with E-state index in [9.17, 15) is 9.90 Å². The van der Waals surface area contributed by atoms with Crippen molar-refractivity contribution in [3.05, 3.63) is 81.2 Å². The van der Waals surface area contributed by atoms with E-state index >= 15 is 0 Å². The first kappa shape index (κ1) is 28.6. The topological polar surface area (TPSA) is 97.7 Å². The number of hydrogen-bond donors (Lipinski definition) is 2. The Labute approximate surface area is 233 Å². The molecule has 4 rings (SSSR count). The smallest absolute Gasteiger partial charge is 0.410 e. The number of aliphatic hydroxyl groups excluding tert-OH is 1. The number of ether oxygens (including phenoxy) is 4. The van der Waals surface area contributed by atoms with Crippen LogP contribution in [0.3, 0.4) is 0 Å². The number of phenolic OH excluding ortho intramolecular Hbond substituents is 1. The van der Waals surface area contributed by atoms with E-state index in [-0.39, 0.29) is 18.9 Å². The molecule has 1 fully saturated rings. The predicted octanol–water partition coefficient (Wildman–Crippen LogP) is 5.77. The molecular formula is C27H29Br2NO7. The Morgan fingerprint density at radius 3 is 2.22 bits per heavy atom. The highest BCUT2D eigenvalue weighted by molar-refractivity contribution is 9.10. The van der Waals surface area contributed by atoms with Crippen LogP contribution in [0.2, 0.25) is 0 Å². The third-order valence-electron chi connectivity index (χ3n) is 5.56. The first-order valence-corrected chi connectivity index (χ1v) is 13.1. The van der Waals surface area contributed by atoms with Crippen LogP contribution in [0.5, 0.6) is 23.0 Å². The minimum absolute atomic E-state index is 0.173. The van der Waals surface area contributed by atoms with Gasteiger partial charge in [-0.1, -0.05) is 30.3 Å². The summed E-state index contributed by atoms with van der Waals surface area (Å²) in [7, 11) is 3.18. The van der Waals surface area contributed by atoms with Gasteiger partial charge in [0.25, 0.3) is 0 Å². The second kappa shape index (κ2) is 14.1. The number of piperidine rings is 1. The van der Waals surface area contributed by atoms with Gasteiger partial charge < -0.3 is 34.1 Å². The van der Waals surface area contributed by atoms with Crippen LogP contribution in [-0.2, 0) is 11.3 Å². The number of halogens is 2. The molecule has 0 radical (unpaired) electrons. The van der Waals surface area contributed by atoms with E-state index in [0.29, 0.717) is 28.9 Å². The van der Waals surface area contributed by atoms with E-state index in [2.05, 4.69) is 31.9 Å². The lowest BCUT2D eigenvalue weighted by Crippen LogP contribution is -2.51. The van der Waals surface area contributed by atoms with Crippen molar-refractivity contribution in [3.63, 3.8) is 0 Å². The number of benzene rings is 3. The summed E-state index contributed by atoms with van der Waals surface area (Å²) in [6.45, 7) is 0.847. The van der Waals surface area contributed by atoms with Gasteiger partial charge in [0.15, 0.2) is 0 Å². The molecule has 0 aromatic heterocycles. The number of likely N-dealkylation sites (tertiary alicyclic amines) is 1. The SMILES string of the molecule is COc1ccc(O)c(Br)c1.COc1ccc(O[C@@H]2CCN(C(=O)OCc3ccccc3)C[C@H]2O)c(Br)c1. The van der Waals surface area contributed by atoms with Crippen molar-refractivity contribution in [1.29, 1.82) is 0 Å². The fraction of sp³-hybridized carbons (Fsp3) is 0.296. The lowest BCUT2D eigenvalue weighted by atomic mass is 10.1. The van der Waals surface area contributed by atoms with E-state index in [1.807, 2.05) is 30.3 Å². The second-order valence-electron chi connectivity index (χ2n) is 8.11. The van der Waals surface area contributed by atoms with Gasteiger partial charge in [0.2, 0.25) is 0 Å². The molecule has 1 saturated heterocycles. The molecule has 10 heteroatoms. The van der Waals surface area contributed by atoms with E-state index in [1.165, 1.54) is 4.90 Å². The lowest BCUT2D eigenvalue weighted by Gasteiger charge is -2.35. The number of methoxy groups -OCH3 is 2. The minimum atomic E-state index is -0.794. The van der Waals surface area contributed by atoms with Crippen LogP contribution in [0.4, 0.5) is 4.79 Å². The molecule has 0 saturated carbocycles. The monoisotopic (exact) mass is 637 g/mol. The average molecular weight is 639 g/mol. The minimum Gasteiger partial charge on any atom is -0.507 e. The van der Waals surface area contributed by atoms with Crippen LogP contribution in [0.25, 0.3) is 0 Å². The van der Waals surface area contributed by atoms with Crippen LogP contribution >= 0.6 is 31.9 Å². The van der Waals surface area contributed by atoms with Crippen LogP contribution in [0, 0.1) is 0 Å². The Morgan fingerprint density at radius 1 is 0.973 bits per heavy atom. The number of hydrogen-bond acceptors (Lipinski definition) is 7. The molecule has 8 nitrogen and oxygen atoms in total. The highest BCUT2D eigenvalue weighted by Gasteiger charge is 2.32. The van der Waals surface area contributed by atoms with Crippen molar-refractivity contribution in [1.82, 2.24) is 4.90 Å². The standard InChI is InChI=1S/C20H22BrNO5.C7H7BrO2/c1-25-15-7-8-18(16(21)11-15)27-19-9-10-22(12-17(19)23)20(24)26-13-14-5-3-2-4-6-14;1-10-5-2-3-7(9)6(8)4-5/h2-8,11,17,19,23H,9-10,12-13H2,1H3;2-4,9H,1H3/t17-,19-;/m1./s1. The number of aromatic hydroxyl groups is 1. The molecule has 1 amide bonds. The van der Waals surface area contributed by atoms with Crippen LogP contribution < -0.4 is 14.2 Å². The normalized spacial score (nSPS) is 16.7. The number of nitrogens with zero attached hydrogens (tertiary/aromatic N) is 1. The molecule has 1 aliphatic rings. The molecule has 0 aliphatic carbocycles. The first-order valence-electron chi connectivity index (χ1n) is 11.5. The molecule has 2 N–H and O–H groups in total. The average Bonchev–Trinajstić information content (AvgIpc) is 2.91. The van der Waals surface area contributed by atoms with E-state index in [0.717, 1.165) is 15.8 Å².